The molecule has 1 aromatic heterocycles. The highest BCUT2D eigenvalue weighted by Crippen LogP contribution is 2.23. The van der Waals surface area contributed by atoms with E-state index in [9.17, 15) is 9.18 Å². The van der Waals surface area contributed by atoms with Crippen molar-refractivity contribution in [1.82, 2.24) is 14.8 Å². The Labute approximate surface area is 158 Å². The van der Waals surface area contributed by atoms with Gasteiger partial charge >= 0.3 is 0 Å². The van der Waals surface area contributed by atoms with Gasteiger partial charge in [-0.15, -0.1) is 0 Å². The molecule has 0 bridgehead atoms. The van der Waals surface area contributed by atoms with Crippen LogP contribution in [0.4, 0.5) is 4.39 Å². The number of pyridine rings is 1. The van der Waals surface area contributed by atoms with Gasteiger partial charge in [-0.1, -0.05) is 24.3 Å². The molecular weight excluding hydrogens is 341 g/mol. The summed E-state index contributed by atoms with van der Waals surface area (Å²) in [7, 11) is 0. The Morgan fingerprint density at radius 1 is 0.926 bits per heavy atom. The second-order valence-electron chi connectivity index (χ2n) is 6.92. The van der Waals surface area contributed by atoms with Gasteiger partial charge in [0.05, 0.1) is 0 Å². The van der Waals surface area contributed by atoms with Gasteiger partial charge in [0.25, 0.3) is 5.91 Å². The molecule has 0 aliphatic carbocycles. The second kappa shape index (κ2) is 7.84. The smallest absolute Gasteiger partial charge is 0.254 e. The fourth-order valence-corrected chi connectivity index (χ4v) is 3.70. The van der Waals surface area contributed by atoms with Gasteiger partial charge in [-0.05, 0) is 41.6 Å². The second-order valence-corrected chi connectivity index (χ2v) is 6.92. The first-order valence-electron chi connectivity index (χ1n) is 9.30. The molecule has 1 aliphatic rings. The third-order valence-corrected chi connectivity index (χ3v) is 5.13. The van der Waals surface area contributed by atoms with Crippen LogP contribution in [0.25, 0.3) is 10.8 Å². The maximum absolute atomic E-state index is 14.1. The van der Waals surface area contributed by atoms with E-state index in [-0.39, 0.29) is 11.7 Å². The highest BCUT2D eigenvalue weighted by molar-refractivity contribution is 6.07. The first-order chi connectivity index (χ1) is 13.2. The number of hydrogen-bond acceptors (Lipinski definition) is 3. The van der Waals surface area contributed by atoms with Crippen molar-refractivity contribution in [1.29, 1.82) is 0 Å². The molecule has 4 rings (SSSR count). The normalized spacial score (nSPS) is 15.7. The van der Waals surface area contributed by atoms with Crippen molar-refractivity contribution in [2.45, 2.75) is 13.0 Å². The van der Waals surface area contributed by atoms with Crippen LogP contribution >= 0.6 is 0 Å². The molecule has 0 unspecified atom stereocenters. The SMILES string of the molecule is O=C(c1ccc(F)c2ccccc12)N1CCCN(Cc2ccncc2)CC1. The van der Waals surface area contributed by atoms with Crippen LogP contribution in [0.1, 0.15) is 22.3 Å². The van der Waals surface area contributed by atoms with Gasteiger partial charge in [-0.25, -0.2) is 4.39 Å². The van der Waals surface area contributed by atoms with E-state index < -0.39 is 0 Å². The van der Waals surface area contributed by atoms with Gasteiger partial charge in [0.2, 0.25) is 0 Å². The molecule has 2 aromatic carbocycles. The van der Waals surface area contributed by atoms with E-state index in [0.29, 0.717) is 22.9 Å². The van der Waals surface area contributed by atoms with Crippen LogP contribution in [0.2, 0.25) is 0 Å². The monoisotopic (exact) mass is 363 g/mol. The minimum Gasteiger partial charge on any atom is -0.337 e. The zero-order valence-electron chi connectivity index (χ0n) is 15.1. The van der Waals surface area contributed by atoms with Crippen molar-refractivity contribution < 1.29 is 9.18 Å². The summed E-state index contributed by atoms with van der Waals surface area (Å²) in [6, 6.07) is 14.2. The van der Waals surface area contributed by atoms with Gasteiger partial charge in [0.1, 0.15) is 5.82 Å². The van der Waals surface area contributed by atoms with Crippen molar-refractivity contribution in [3.63, 3.8) is 0 Å². The Bertz CT molecular complexity index is 945. The highest BCUT2D eigenvalue weighted by atomic mass is 19.1. The molecule has 2 heterocycles. The minimum absolute atomic E-state index is 0.0167. The van der Waals surface area contributed by atoms with Crippen LogP contribution in [-0.4, -0.2) is 46.9 Å². The van der Waals surface area contributed by atoms with Crippen LogP contribution < -0.4 is 0 Å². The van der Waals surface area contributed by atoms with E-state index in [1.165, 1.54) is 11.6 Å². The topological polar surface area (TPSA) is 36.4 Å². The van der Waals surface area contributed by atoms with Crippen molar-refractivity contribution in [2.75, 3.05) is 26.2 Å². The minimum atomic E-state index is -0.290. The molecule has 138 valence electrons. The van der Waals surface area contributed by atoms with Gasteiger partial charge in [0, 0.05) is 56.1 Å². The van der Waals surface area contributed by atoms with Gasteiger partial charge in [-0.3, -0.25) is 14.7 Å². The lowest BCUT2D eigenvalue weighted by Gasteiger charge is -2.22. The Morgan fingerprint density at radius 3 is 2.52 bits per heavy atom. The maximum atomic E-state index is 14.1. The highest BCUT2D eigenvalue weighted by Gasteiger charge is 2.22. The zero-order valence-corrected chi connectivity index (χ0v) is 15.1. The number of carbonyl (C=O) groups is 1. The van der Waals surface area contributed by atoms with E-state index in [4.69, 9.17) is 0 Å². The molecule has 1 fully saturated rings. The number of hydrogen-bond donors (Lipinski definition) is 0. The summed E-state index contributed by atoms with van der Waals surface area (Å²) in [5.74, 6) is -0.307. The molecule has 0 spiro atoms. The molecular formula is C22H22FN3O. The lowest BCUT2D eigenvalue weighted by Crippen LogP contribution is -2.35. The van der Waals surface area contributed by atoms with E-state index >= 15 is 0 Å². The molecule has 0 N–H and O–H groups in total. The third kappa shape index (κ3) is 3.83. The Balaban J connectivity index is 1.50. The first-order valence-corrected chi connectivity index (χ1v) is 9.30. The lowest BCUT2D eigenvalue weighted by atomic mass is 10.0. The van der Waals surface area contributed by atoms with Gasteiger partial charge < -0.3 is 4.90 Å². The quantitative estimate of drug-likeness (QED) is 0.712. The largest absolute Gasteiger partial charge is 0.337 e. The van der Waals surface area contributed by atoms with Crippen molar-refractivity contribution in [3.05, 3.63) is 77.9 Å². The molecule has 5 heteroatoms. The average molecular weight is 363 g/mol. The summed E-state index contributed by atoms with van der Waals surface area (Å²) in [4.78, 5) is 21.4. The molecule has 1 saturated heterocycles. The summed E-state index contributed by atoms with van der Waals surface area (Å²) in [6.07, 6.45) is 4.54. The maximum Gasteiger partial charge on any atom is 0.254 e. The van der Waals surface area contributed by atoms with E-state index in [1.54, 1.807) is 18.2 Å². The summed E-state index contributed by atoms with van der Waals surface area (Å²) in [5, 5.41) is 1.18. The lowest BCUT2D eigenvalue weighted by molar-refractivity contribution is 0.0763. The van der Waals surface area contributed by atoms with E-state index in [1.807, 2.05) is 41.6 Å². The standard InChI is InChI=1S/C22H22FN3O/c23-21-7-6-20(18-4-1-2-5-19(18)21)22(27)26-13-3-12-25(14-15-26)16-17-8-10-24-11-9-17/h1-2,4-11H,3,12-16H2. The summed E-state index contributed by atoms with van der Waals surface area (Å²) in [6.45, 7) is 4.04. The number of benzene rings is 2. The predicted octanol–water partition coefficient (Wildman–Crippen LogP) is 3.72. The Morgan fingerprint density at radius 2 is 1.70 bits per heavy atom. The molecule has 0 saturated carbocycles. The predicted molar refractivity (Wildman–Crippen MR) is 104 cm³/mol. The third-order valence-electron chi connectivity index (χ3n) is 5.13. The summed E-state index contributed by atoms with van der Waals surface area (Å²) >= 11 is 0. The van der Waals surface area contributed by atoms with Crippen molar-refractivity contribution >= 4 is 16.7 Å². The number of carbonyl (C=O) groups excluding carboxylic acids is 1. The molecule has 4 nitrogen and oxygen atoms in total. The number of amides is 1. The van der Waals surface area contributed by atoms with Crippen molar-refractivity contribution in [3.8, 4) is 0 Å². The number of rotatable bonds is 3. The fraction of sp³-hybridized carbons (Fsp3) is 0.273. The molecule has 27 heavy (non-hydrogen) atoms. The van der Waals surface area contributed by atoms with Crippen LogP contribution in [-0.2, 0) is 6.54 Å². The number of fused-ring (bicyclic) bond motifs is 1. The Kier molecular flexibility index (Phi) is 5.12. The number of halogens is 1. The van der Waals surface area contributed by atoms with Gasteiger partial charge in [0.15, 0.2) is 0 Å². The number of nitrogens with zero attached hydrogens (tertiary/aromatic N) is 3. The fourth-order valence-electron chi connectivity index (χ4n) is 3.70. The average Bonchev–Trinajstić information content (AvgIpc) is 2.94. The van der Waals surface area contributed by atoms with Crippen LogP contribution in [0.15, 0.2) is 60.9 Å². The summed E-state index contributed by atoms with van der Waals surface area (Å²) < 4.78 is 14.1. The number of aromatic nitrogens is 1. The Hall–Kier alpha value is -2.79. The van der Waals surface area contributed by atoms with Crippen molar-refractivity contribution in [2.24, 2.45) is 0 Å². The molecule has 1 amide bonds. The first kappa shape index (κ1) is 17.6. The van der Waals surface area contributed by atoms with E-state index in [2.05, 4.69) is 9.88 Å². The van der Waals surface area contributed by atoms with Crippen LogP contribution in [0.3, 0.4) is 0 Å². The molecule has 0 atom stereocenters. The van der Waals surface area contributed by atoms with Crippen LogP contribution in [0.5, 0.6) is 0 Å². The van der Waals surface area contributed by atoms with E-state index in [0.717, 1.165) is 32.6 Å². The summed E-state index contributed by atoms with van der Waals surface area (Å²) in [5.41, 5.74) is 1.81. The molecule has 0 radical (unpaired) electrons. The zero-order chi connectivity index (χ0) is 18.6. The molecule has 1 aliphatic heterocycles. The van der Waals surface area contributed by atoms with Gasteiger partial charge in [-0.2, -0.15) is 0 Å². The molecule has 3 aromatic rings. The van der Waals surface area contributed by atoms with Crippen LogP contribution in [0, 0.1) is 5.82 Å².